The first-order chi connectivity index (χ1) is 8.45. The molecule has 1 aromatic rings. The van der Waals surface area contributed by atoms with E-state index in [2.05, 4.69) is 4.98 Å². The van der Waals surface area contributed by atoms with Gasteiger partial charge < -0.3 is 0 Å². The van der Waals surface area contributed by atoms with Crippen LogP contribution < -0.4 is 0 Å². The van der Waals surface area contributed by atoms with Crippen molar-refractivity contribution < 1.29 is 8.42 Å². The molecule has 0 atom stereocenters. The van der Waals surface area contributed by atoms with Crippen LogP contribution in [0.5, 0.6) is 0 Å². The van der Waals surface area contributed by atoms with E-state index in [0.29, 0.717) is 6.54 Å². The SMILES string of the molecule is CCCN(C(C)C)S(=O)(=O)c1cccnc1C#N. The highest BCUT2D eigenvalue weighted by atomic mass is 32.2. The van der Waals surface area contributed by atoms with E-state index in [4.69, 9.17) is 5.26 Å². The van der Waals surface area contributed by atoms with Crippen LogP contribution >= 0.6 is 0 Å². The number of pyridine rings is 1. The van der Waals surface area contributed by atoms with Crippen LogP contribution in [0.3, 0.4) is 0 Å². The number of hydrogen-bond acceptors (Lipinski definition) is 4. The van der Waals surface area contributed by atoms with Crippen LogP contribution in [0.25, 0.3) is 0 Å². The van der Waals surface area contributed by atoms with Crippen LogP contribution in [0.4, 0.5) is 0 Å². The summed E-state index contributed by atoms with van der Waals surface area (Å²) in [5.74, 6) is 0. The Kier molecular flexibility index (Phi) is 4.82. The zero-order chi connectivity index (χ0) is 13.8. The zero-order valence-corrected chi connectivity index (χ0v) is 11.6. The molecule has 1 rings (SSSR count). The highest BCUT2D eigenvalue weighted by molar-refractivity contribution is 7.89. The van der Waals surface area contributed by atoms with Gasteiger partial charge in [-0.15, -0.1) is 0 Å². The van der Waals surface area contributed by atoms with Gasteiger partial charge in [0.15, 0.2) is 5.69 Å². The normalized spacial score (nSPS) is 11.8. The first kappa shape index (κ1) is 14.6. The van der Waals surface area contributed by atoms with Crippen LogP contribution in [-0.4, -0.2) is 30.3 Å². The first-order valence-corrected chi connectivity index (χ1v) is 7.26. The highest BCUT2D eigenvalue weighted by Gasteiger charge is 2.28. The minimum atomic E-state index is -3.66. The molecule has 0 saturated carbocycles. The third-order valence-electron chi connectivity index (χ3n) is 2.48. The van der Waals surface area contributed by atoms with E-state index in [1.807, 2.05) is 26.8 Å². The van der Waals surface area contributed by atoms with E-state index in [1.54, 1.807) is 0 Å². The summed E-state index contributed by atoms with van der Waals surface area (Å²) in [7, 11) is -3.66. The Hall–Kier alpha value is -1.45. The average Bonchev–Trinajstić information content (AvgIpc) is 2.35. The number of hydrogen-bond donors (Lipinski definition) is 0. The average molecular weight is 267 g/mol. The molecule has 0 spiro atoms. The topological polar surface area (TPSA) is 74.1 Å². The Balaban J connectivity index is 3.32. The van der Waals surface area contributed by atoms with E-state index < -0.39 is 10.0 Å². The third-order valence-corrected chi connectivity index (χ3v) is 4.59. The Morgan fingerprint density at radius 3 is 2.67 bits per heavy atom. The molecule has 5 nitrogen and oxygen atoms in total. The maximum absolute atomic E-state index is 12.5. The van der Waals surface area contributed by atoms with Gasteiger partial charge >= 0.3 is 0 Å². The van der Waals surface area contributed by atoms with Crippen LogP contribution in [0.1, 0.15) is 32.9 Å². The lowest BCUT2D eigenvalue weighted by molar-refractivity contribution is 0.354. The van der Waals surface area contributed by atoms with Gasteiger partial charge in [-0.2, -0.15) is 9.57 Å². The summed E-state index contributed by atoms with van der Waals surface area (Å²) in [5, 5.41) is 8.94. The smallest absolute Gasteiger partial charge is 0.244 e. The van der Waals surface area contributed by atoms with Gasteiger partial charge in [0, 0.05) is 18.8 Å². The highest BCUT2D eigenvalue weighted by Crippen LogP contribution is 2.20. The lowest BCUT2D eigenvalue weighted by Crippen LogP contribution is -2.37. The zero-order valence-electron chi connectivity index (χ0n) is 10.8. The fourth-order valence-electron chi connectivity index (χ4n) is 1.69. The molecule has 1 heterocycles. The van der Waals surface area contributed by atoms with Crippen molar-refractivity contribution in [2.24, 2.45) is 0 Å². The summed E-state index contributed by atoms with van der Waals surface area (Å²) in [6.45, 7) is 5.98. The molecule has 0 saturated heterocycles. The lowest BCUT2D eigenvalue weighted by atomic mass is 10.4. The lowest BCUT2D eigenvalue weighted by Gasteiger charge is -2.25. The van der Waals surface area contributed by atoms with Crippen molar-refractivity contribution in [3.05, 3.63) is 24.0 Å². The van der Waals surface area contributed by atoms with Gasteiger partial charge in [-0.05, 0) is 32.4 Å². The molecule has 0 fully saturated rings. The van der Waals surface area contributed by atoms with Gasteiger partial charge in [-0.1, -0.05) is 6.92 Å². The van der Waals surface area contributed by atoms with Gasteiger partial charge in [0.25, 0.3) is 0 Å². The van der Waals surface area contributed by atoms with E-state index in [0.717, 1.165) is 6.42 Å². The first-order valence-electron chi connectivity index (χ1n) is 5.82. The number of sulfonamides is 1. The molecule has 18 heavy (non-hydrogen) atoms. The van der Waals surface area contributed by atoms with Crippen molar-refractivity contribution in [2.75, 3.05) is 6.54 Å². The summed E-state index contributed by atoms with van der Waals surface area (Å²) < 4.78 is 26.4. The molecule has 1 aromatic heterocycles. The fourth-order valence-corrected chi connectivity index (χ4v) is 3.51. The summed E-state index contributed by atoms with van der Waals surface area (Å²) in [4.78, 5) is 3.78. The van der Waals surface area contributed by atoms with Crippen molar-refractivity contribution in [2.45, 2.75) is 38.1 Å². The Labute approximate surface area is 108 Å². The number of nitriles is 1. The summed E-state index contributed by atoms with van der Waals surface area (Å²) in [5.41, 5.74) is -0.0562. The standard InChI is InChI=1S/C12H17N3O2S/c1-4-8-15(10(2)3)18(16,17)12-6-5-7-14-11(12)9-13/h5-7,10H,4,8H2,1-3H3. The second-order valence-corrected chi connectivity index (χ2v) is 6.03. The van der Waals surface area contributed by atoms with Crippen molar-refractivity contribution in [1.82, 2.24) is 9.29 Å². The molecule has 0 bridgehead atoms. The third kappa shape index (κ3) is 2.86. The van der Waals surface area contributed by atoms with E-state index in [9.17, 15) is 8.42 Å². The van der Waals surface area contributed by atoms with Crippen molar-refractivity contribution in [3.63, 3.8) is 0 Å². The van der Waals surface area contributed by atoms with Gasteiger partial charge in [0.05, 0.1) is 0 Å². The van der Waals surface area contributed by atoms with E-state index in [-0.39, 0.29) is 16.6 Å². The second-order valence-electron chi connectivity index (χ2n) is 4.17. The largest absolute Gasteiger partial charge is 0.246 e. The second kappa shape index (κ2) is 5.94. The predicted molar refractivity (Wildman–Crippen MR) is 68.3 cm³/mol. The van der Waals surface area contributed by atoms with Gasteiger partial charge in [-0.25, -0.2) is 13.4 Å². The van der Waals surface area contributed by atoms with Crippen molar-refractivity contribution in [1.29, 1.82) is 5.26 Å². The molecule has 0 unspecified atom stereocenters. The Morgan fingerprint density at radius 2 is 2.17 bits per heavy atom. The van der Waals surface area contributed by atoms with Gasteiger partial charge in [-0.3, -0.25) is 0 Å². The maximum Gasteiger partial charge on any atom is 0.246 e. The molecule has 0 N–H and O–H groups in total. The Morgan fingerprint density at radius 1 is 1.50 bits per heavy atom. The monoisotopic (exact) mass is 267 g/mol. The van der Waals surface area contributed by atoms with Gasteiger partial charge in [0.1, 0.15) is 11.0 Å². The molecular weight excluding hydrogens is 250 g/mol. The summed E-state index contributed by atoms with van der Waals surface area (Å²) in [6.07, 6.45) is 2.14. The van der Waals surface area contributed by atoms with Crippen LogP contribution in [-0.2, 0) is 10.0 Å². The fraction of sp³-hybridized carbons (Fsp3) is 0.500. The molecule has 0 aliphatic carbocycles. The van der Waals surface area contributed by atoms with Crippen LogP contribution in [0.15, 0.2) is 23.2 Å². The molecule has 0 aromatic carbocycles. The summed E-state index contributed by atoms with van der Waals surface area (Å²) >= 11 is 0. The quantitative estimate of drug-likeness (QED) is 0.814. The minimum Gasteiger partial charge on any atom is -0.244 e. The van der Waals surface area contributed by atoms with E-state index in [1.165, 1.54) is 22.6 Å². The minimum absolute atomic E-state index is 0.0188. The van der Waals surface area contributed by atoms with Crippen molar-refractivity contribution in [3.8, 4) is 6.07 Å². The van der Waals surface area contributed by atoms with Crippen molar-refractivity contribution >= 4 is 10.0 Å². The maximum atomic E-state index is 12.5. The molecule has 0 aliphatic heterocycles. The number of nitrogens with zero attached hydrogens (tertiary/aromatic N) is 3. The van der Waals surface area contributed by atoms with Gasteiger partial charge in [0.2, 0.25) is 10.0 Å². The molecule has 0 radical (unpaired) electrons. The molecular formula is C12H17N3O2S. The van der Waals surface area contributed by atoms with Crippen LogP contribution in [0, 0.1) is 11.3 Å². The van der Waals surface area contributed by atoms with E-state index >= 15 is 0 Å². The number of rotatable bonds is 5. The molecule has 98 valence electrons. The predicted octanol–water partition coefficient (Wildman–Crippen LogP) is 1.76. The Bertz CT molecular complexity index is 547. The molecule has 0 amide bonds. The van der Waals surface area contributed by atoms with Crippen LogP contribution in [0.2, 0.25) is 0 Å². The molecule has 0 aliphatic rings. The number of aromatic nitrogens is 1. The summed E-state index contributed by atoms with van der Waals surface area (Å²) in [6, 6.07) is 4.62. The molecule has 6 heteroatoms.